The molecule has 0 amide bonds. The van der Waals surface area contributed by atoms with Crippen LogP contribution in [-0.2, 0) is 29.5 Å². The molecule has 0 radical (unpaired) electrons. The van der Waals surface area contributed by atoms with Crippen LogP contribution in [0.15, 0.2) is 0 Å². The van der Waals surface area contributed by atoms with Gasteiger partial charge in [0, 0.05) is 6.54 Å². The van der Waals surface area contributed by atoms with Crippen molar-refractivity contribution in [2.45, 2.75) is 12.1 Å². The first kappa shape index (κ1) is 18.2. The van der Waals surface area contributed by atoms with E-state index in [0.717, 1.165) is 0 Å². The highest BCUT2D eigenvalue weighted by atomic mass is 32.3. The van der Waals surface area contributed by atoms with Crippen molar-refractivity contribution in [2.75, 3.05) is 18.9 Å². The molecule has 19 heavy (non-hydrogen) atoms. The number of carboxylic acid groups (broad SMARTS) is 1. The topological polar surface area (TPSA) is 188 Å². The SMILES string of the molecule is O=C(O)C(CS(=O)(=O)O)NCC(O)COS(=O)(=O)O. The highest BCUT2D eigenvalue weighted by Crippen LogP contribution is 1.94. The van der Waals surface area contributed by atoms with Gasteiger partial charge in [0.15, 0.2) is 0 Å². The minimum absolute atomic E-state index is 0.540. The third kappa shape index (κ3) is 10.8. The van der Waals surface area contributed by atoms with Crippen LogP contribution >= 0.6 is 0 Å². The summed E-state index contributed by atoms with van der Waals surface area (Å²) in [6.07, 6.45) is -1.52. The van der Waals surface area contributed by atoms with Crippen LogP contribution in [0.1, 0.15) is 0 Å². The Morgan fingerprint density at radius 2 is 1.74 bits per heavy atom. The molecule has 0 aromatic heterocycles. The third-order valence-electron chi connectivity index (χ3n) is 1.68. The van der Waals surface area contributed by atoms with Crippen molar-refractivity contribution < 1.29 is 45.1 Å². The highest BCUT2D eigenvalue weighted by molar-refractivity contribution is 7.85. The Bertz CT molecular complexity index is 496. The molecule has 2 atom stereocenters. The fourth-order valence-electron chi connectivity index (χ4n) is 0.930. The maximum absolute atomic E-state index is 10.6. The molecular formula is C6H13NO10S2. The maximum Gasteiger partial charge on any atom is 0.397 e. The number of rotatable bonds is 9. The quantitative estimate of drug-likeness (QED) is 0.274. The summed E-state index contributed by atoms with van der Waals surface area (Å²) in [4.78, 5) is 10.6. The standard InChI is InChI=1S/C6H13NO10S2/c8-4(2-17-19(14,15)16)1-7-5(6(9)10)3-18(11,12)13/h4-5,7-8H,1-3H2,(H,9,10)(H,11,12,13)(H,14,15,16). The Kier molecular flexibility index (Phi) is 6.78. The molecule has 0 aliphatic rings. The predicted octanol–water partition coefficient (Wildman–Crippen LogP) is -2.90. The number of hydrogen-bond donors (Lipinski definition) is 5. The molecule has 11 nitrogen and oxygen atoms in total. The Balaban J connectivity index is 4.30. The van der Waals surface area contributed by atoms with Crippen molar-refractivity contribution in [3.63, 3.8) is 0 Å². The zero-order chi connectivity index (χ0) is 15.3. The Morgan fingerprint density at radius 3 is 2.11 bits per heavy atom. The zero-order valence-corrected chi connectivity index (χ0v) is 11.0. The Morgan fingerprint density at radius 1 is 1.21 bits per heavy atom. The average molecular weight is 323 g/mol. The molecule has 0 saturated carbocycles. The van der Waals surface area contributed by atoms with Gasteiger partial charge in [-0.05, 0) is 0 Å². The molecule has 0 aromatic rings. The molecule has 0 fully saturated rings. The second-order valence-electron chi connectivity index (χ2n) is 3.41. The molecule has 114 valence electrons. The molecule has 0 rings (SSSR count). The predicted molar refractivity (Wildman–Crippen MR) is 59.3 cm³/mol. The van der Waals surface area contributed by atoms with Crippen LogP contribution in [0, 0.1) is 0 Å². The van der Waals surface area contributed by atoms with Gasteiger partial charge in [-0.25, -0.2) is 4.18 Å². The normalized spacial score (nSPS) is 15.9. The molecule has 0 aliphatic heterocycles. The first-order valence-electron chi connectivity index (χ1n) is 4.62. The number of hydrogen-bond acceptors (Lipinski definition) is 8. The van der Waals surface area contributed by atoms with Gasteiger partial charge in [-0.3, -0.25) is 13.9 Å². The lowest BCUT2D eigenvalue weighted by molar-refractivity contribution is -0.139. The molecular weight excluding hydrogens is 310 g/mol. The van der Waals surface area contributed by atoms with Gasteiger partial charge in [-0.2, -0.15) is 16.8 Å². The Labute approximate surface area is 108 Å². The van der Waals surface area contributed by atoms with Gasteiger partial charge in [0.2, 0.25) is 0 Å². The minimum atomic E-state index is -4.74. The number of aliphatic carboxylic acids is 1. The van der Waals surface area contributed by atoms with Crippen LogP contribution in [-0.4, -0.2) is 73.2 Å². The molecule has 13 heteroatoms. The molecule has 0 bridgehead atoms. The lowest BCUT2D eigenvalue weighted by Crippen LogP contribution is -2.46. The summed E-state index contributed by atoms with van der Waals surface area (Å²) in [6.45, 7) is -1.40. The largest absolute Gasteiger partial charge is 0.480 e. The molecule has 2 unspecified atom stereocenters. The number of aliphatic hydroxyl groups excluding tert-OH is 1. The van der Waals surface area contributed by atoms with Crippen molar-refractivity contribution in [1.82, 2.24) is 5.32 Å². The van der Waals surface area contributed by atoms with Crippen LogP contribution in [0.5, 0.6) is 0 Å². The monoisotopic (exact) mass is 323 g/mol. The molecule has 0 spiro atoms. The van der Waals surface area contributed by atoms with E-state index in [1.807, 2.05) is 0 Å². The van der Waals surface area contributed by atoms with Crippen molar-refractivity contribution >= 4 is 26.5 Å². The van der Waals surface area contributed by atoms with Crippen LogP contribution in [0.3, 0.4) is 0 Å². The van der Waals surface area contributed by atoms with Crippen LogP contribution in [0.2, 0.25) is 0 Å². The second kappa shape index (κ2) is 7.09. The fourth-order valence-corrected chi connectivity index (χ4v) is 1.94. The summed E-state index contributed by atoms with van der Waals surface area (Å²) in [6, 6.07) is -1.70. The van der Waals surface area contributed by atoms with E-state index in [2.05, 4.69) is 9.50 Å². The molecule has 5 N–H and O–H groups in total. The van der Waals surface area contributed by atoms with Gasteiger partial charge < -0.3 is 15.5 Å². The van der Waals surface area contributed by atoms with Crippen molar-refractivity contribution in [1.29, 1.82) is 0 Å². The van der Waals surface area contributed by atoms with Crippen LogP contribution < -0.4 is 5.32 Å². The van der Waals surface area contributed by atoms with E-state index in [9.17, 15) is 26.7 Å². The first-order chi connectivity index (χ1) is 8.41. The van der Waals surface area contributed by atoms with E-state index in [1.54, 1.807) is 0 Å². The first-order valence-corrected chi connectivity index (χ1v) is 7.59. The lowest BCUT2D eigenvalue weighted by Gasteiger charge is -2.15. The van der Waals surface area contributed by atoms with Gasteiger partial charge in [0.05, 0.1) is 12.7 Å². The molecule has 0 aromatic carbocycles. The van der Waals surface area contributed by atoms with E-state index >= 15 is 0 Å². The summed E-state index contributed by atoms with van der Waals surface area (Å²) in [5.41, 5.74) is 0. The van der Waals surface area contributed by atoms with E-state index in [0.29, 0.717) is 0 Å². The molecule has 0 aliphatic carbocycles. The van der Waals surface area contributed by atoms with E-state index in [-0.39, 0.29) is 0 Å². The average Bonchev–Trinajstić information content (AvgIpc) is 2.18. The van der Waals surface area contributed by atoms with Gasteiger partial charge in [0.25, 0.3) is 10.1 Å². The molecule has 0 heterocycles. The zero-order valence-electron chi connectivity index (χ0n) is 9.33. The highest BCUT2D eigenvalue weighted by Gasteiger charge is 2.24. The summed E-state index contributed by atoms with van der Waals surface area (Å²) in [5, 5.41) is 19.9. The number of nitrogens with one attached hydrogen (secondary N) is 1. The van der Waals surface area contributed by atoms with Gasteiger partial charge in [-0.15, -0.1) is 0 Å². The third-order valence-corrected chi connectivity index (χ3v) is 2.87. The second-order valence-corrected chi connectivity index (χ2v) is 6.00. The van der Waals surface area contributed by atoms with Crippen molar-refractivity contribution in [2.24, 2.45) is 0 Å². The fraction of sp³-hybridized carbons (Fsp3) is 0.833. The van der Waals surface area contributed by atoms with Gasteiger partial charge in [0.1, 0.15) is 11.8 Å². The minimum Gasteiger partial charge on any atom is -0.480 e. The number of aliphatic hydroxyl groups is 1. The lowest BCUT2D eigenvalue weighted by atomic mass is 10.3. The smallest absolute Gasteiger partial charge is 0.397 e. The summed E-state index contributed by atoms with van der Waals surface area (Å²) in [5.74, 6) is -2.73. The van der Waals surface area contributed by atoms with Crippen LogP contribution in [0.4, 0.5) is 0 Å². The van der Waals surface area contributed by atoms with E-state index in [4.69, 9.17) is 14.2 Å². The summed E-state index contributed by atoms with van der Waals surface area (Å²) >= 11 is 0. The van der Waals surface area contributed by atoms with Gasteiger partial charge >= 0.3 is 16.4 Å². The van der Waals surface area contributed by atoms with Crippen molar-refractivity contribution in [3.8, 4) is 0 Å². The van der Waals surface area contributed by atoms with Crippen molar-refractivity contribution in [3.05, 3.63) is 0 Å². The summed E-state index contributed by atoms with van der Waals surface area (Å²) < 4.78 is 61.8. The maximum atomic E-state index is 10.6. The van der Waals surface area contributed by atoms with Gasteiger partial charge in [-0.1, -0.05) is 0 Å². The van der Waals surface area contributed by atoms with E-state index in [1.165, 1.54) is 0 Å². The van der Waals surface area contributed by atoms with Crippen LogP contribution in [0.25, 0.3) is 0 Å². The van der Waals surface area contributed by atoms with E-state index < -0.39 is 57.5 Å². The number of carboxylic acids is 1. The Hall–Kier alpha value is -0.830. The summed E-state index contributed by atoms with van der Waals surface area (Å²) in [7, 11) is -9.29. The number of carbonyl (C=O) groups is 1. The molecule has 0 saturated heterocycles.